The van der Waals surface area contributed by atoms with Gasteiger partial charge in [-0.05, 0) is 49.2 Å². The van der Waals surface area contributed by atoms with E-state index in [1.54, 1.807) is 43.3 Å². The Labute approximate surface area is 222 Å². The molecule has 0 fully saturated rings. The summed E-state index contributed by atoms with van der Waals surface area (Å²) in [6.45, 7) is 3.99. The van der Waals surface area contributed by atoms with E-state index in [1.165, 1.54) is 7.11 Å². The molecule has 0 spiro atoms. The van der Waals surface area contributed by atoms with E-state index in [1.807, 2.05) is 6.92 Å². The molecule has 1 heterocycles. The largest absolute Gasteiger partial charge is 0.492 e. The van der Waals surface area contributed by atoms with Gasteiger partial charge in [-0.3, -0.25) is 14.4 Å². The van der Waals surface area contributed by atoms with Gasteiger partial charge in [0.15, 0.2) is 0 Å². The SMILES string of the molecule is CCOc1ccc([C@H]2C(C#N)=C(SCC(=O)Nc3cccc(Cl)c3C)NC(=O)[C@H]2C(=O)OC)cc1Cl. The fourth-order valence-corrected chi connectivity index (χ4v) is 5.00. The molecular weight excluding hydrogens is 525 g/mol. The van der Waals surface area contributed by atoms with E-state index in [2.05, 4.69) is 16.7 Å². The first kappa shape index (κ1) is 27.4. The quantitative estimate of drug-likeness (QED) is 0.359. The molecule has 2 atom stereocenters. The molecule has 2 N–H and O–H groups in total. The maximum Gasteiger partial charge on any atom is 0.319 e. The highest BCUT2D eigenvalue weighted by atomic mass is 35.5. The number of carbonyl (C=O) groups is 3. The van der Waals surface area contributed by atoms with Crippen molar-refractivity contribution >= 4 is 58.4 Å². The van der Waals surface area contributed by atoms with Gasteiger partial charge in [0, 0.05) is 16.6 Å². The maximum absolute atomic E-state index is 13.0. The Morgan fingerprint density at radius 2 is 1.97 bits per heavy atom. The number of esters is 1. The van der Waals surface area contributed by atoms with Crippen molar-refractivity contribution in [2.24, 2.45) is 5.92 Å². The summed E-state index contributed by atoms with van der Waals surface area (Å²) in [7, 11) is 1.17. The molecule has 0 unspecified atom stereocenters. The minimum Gasteiger partial charge on any atom is -0.492 e. The predicted molar refractivity (Wildman–Crippen MR) is 139 cm³/mol. The van der Waals surface area contributed by atoms with Gasteiger partial charge < -0.3 is 20.1 Å². The predicted octanol–water partition coefficient (Wildman–Crippen LogP) is 4.81. The van der Waals surface area contributed by atoms with Crippen molar-refractivity contribution in [3.8, 4) is 11.8 Å². The lowest BCUT2D eigenvalue weighted by Crippen LogP contribution is -2.44. The summed E-state index contributed by atoms with van der Waals surface area (Å²) in [5, 5.41) is 16.4. The van der Waals surface area contributed by atoms with Gasteiger partial charge in [0.1, 0.15) is 11.7 Å². The summed E-state index contributed by atoms with van der Waals surface area (Å²) >= 11 is 13.4. The lowest BCUT2D eigenvalue weighted by atomic mass is 9.78. The molecule has 3 rings (SSSR count). The second kappa shape index (κ2) is 12.2. The number of carbonyl (C=O) groups excluding carboxylic acids is 3. The number of hydrogen-bond acceptors (Lipinski definition) is 7. The van der Waals surface area contributed by atoms with Crippen molar-refractivity contribution in [3.05, 3.63) is 68.2 Å². The molecule has 0 saturated heterocycles. The maximum atomic E-state index is 13.0. The molecule has 11 heteroatoms. The van der Waals surface area contributed by atoms with Crippen molar-refractivity contribution in [2.45, 2.75) is 19.8 Å². The summed E-state index contributed by atoms with van der Waals surface area (Å²) in [6, 6.07) is 12.1. The molecule has 0 saturated carbocycles. The number of benzene rings is 2. The number of rotatable bonds is 8. The van der Waals surface area contributed by atoms with E-state index in [-0.39, 0.29) is 27.3 Å². The van der Waals surface area contributed by atoms with E-state index in [9.17, 15) is 19.6 Å². The molecule has 0 aliphatic carbocycles. The second-order valence-corrected chi connectivity index (χ2v) is 9.49. The highest BCUT2D eigenvalue weighted by Gasteiger charge is 2.44. The number of allylic oxidation sites excluding steroid dienone is 1. The third kappa shape index (κ3) is 5.95. The molecule has 2 aromatic carbocycles. The zero-order chi connectivity index (χ0) is 26.4. The fourth-order valence-electron chi connectivity index (χ4n) is 3.73. The van der Waals surface area contributed by atoms with E-state index in [0.717, 1.165) is 11.8 Å². The highest BCUT2D eigenvalue weighted by molar-refractivity contribution is 8.03. The van der Waals surface area contributed by atoms with Crippen LogP contribution in [0.5, 0.6) is 5.75 Å². The summed E-state index contributed by atoms with van der Waals surface area (Å²) in [5.74, 6) is -3.76. The first-order chi connectivity index (χ1) is 17.2. The van der Waals surface area contributed by atoms with Gasteiger partial charge in [0.2, 0.25) is 11.8 Å². The number of nitrogens with one attached hydrogen (secondary N) is 2. The standard InChI is InChI=1S/C25H23Cl2N3O5S/c1-4-35-19-9-8-14(10-17(19)27)21-15(11-28)24(30-23(32)22(21)25(33)34-3)36-12-20(31)29-18-7-5-6-16(26)13(18)2/h5-10,21-22H,4,12H2,1-3H3,(H,29,31)(H,30,32)/t21-,22-/m0/s1. The molecule has 1 aliphatic heterocycles. The van der Waals surface area contributed by atoms with Crippen LogP contribution in [-0.2, 0) is 19.1 Å². The van der Waals surface area contributed by atoms with Crippen LogP contribution < -0.4 is 15.4 Å². The lowest BCUT2D eigenvalue weighted by molar-refractivity contribution is -0.150. The lowest BCUT2D eigenvalue weighted by Gasteiger charge is -2.31. The molecule has 0 bridgehead atoms. The van der Waals surface area contributed by atoms with Crippen molar-refractivity contribution in [1.29, 1.82) is 5.26 Å². The molecule has 2 aromatic rings. The highest BCUT2D eigenvalue weighted by Crippen LogP contribution is 2.42. The number of methoxy groups -OCH3 is 1. The number of halogens is 2. The van der Waals surface area contributed by atoms with Gasteiger partial charge in [0.05, 0.1) is 41.2 Å². The first-order valence-corrected chi connectivity index (χ1v) is 12.6. The topological polar surface area (TPSA) is 118 Å². The van der Waals surface area contributed by atoms with Crippen LogP contribution in [0.25, 0.3) is 0 Å². The van der Waals surface area contributed by atoms with Crippen LogP contribution in [0.1, 0.15) is 24.0 Å². The number of anilines is 1. The van der Waals surface area contributed by atoms with Crippen molar-refractivity contribution in [1.82, 2.24) is 5.32 Å². The first-order valence-electron chi connectivity index (χ1n) is 10.8. The monoisotopic (exact) mass is 547 g/mol. The average Bonchev–Trinajstić information content (AvgIpc) is 2.86. The third-order valence-electron chi connectivity index (χ3n) is 5.49. The zero-order valence-electron chi connectivity index (χ0n) is 19.7. The van der Waals surface area contributed by atoms with Gasteiger partial charge in [-0.25, -0.2) is 0 Å². The van der Waals surface area contributed by atoms with Gasteiger partial charge in [0.25, 0.3) is 0 Å². The molecule has 0 radical (unpaired) electrons. The third-order valence-corrected chi connectivity index (χ3v) is 7.21. The van der Waals surface area contributed by atoms with Gasteiger partial charge in [-0.1, -0.05) is 47.1 Å². The average molecular weight is 548 g/mol. The second-order valence-electron chi connectivity index (χ2n) is 7.69. The smallest absolute Gasteiger partial charge is 0.319 e. The van der Waals surface area contributed by atoms with Gasteiger partial charge >= 0.3 is 5.97 Å². The zero-order valence-corrected chi connectivity index (χ0v) is 22.0. The van der Waals surface area contributed by atoms with E-state index in [0.29, 0.717) is 34.2 Å². The minimum atomic E-state index is -1.31. The van der Waals surface area contributed by atoms with Crippen molar-refractivity contribution in [3.63, 3.8) is 0 Å². The number of hydrogen-bond donors (Lipinski definition) is 2. The van der Waals surface area contributed by atoms with Crippen LogP contribution in [0.2, 0.25) is 10.0 Å². The van der Waals surface area contributed by atoms with Crippen LogP contribution >= 0.6 is 35.0 Å². The Balaban J connectivity index is 1.93. The minimum absolute atomic E-state index is 0.105. The van der Waals surface area contributed by atoms with Crippen molar-refractivity contribution in [2.75, 3.05) is 24.8 Å². The van der Waals surface area contributed by atoms with Crippen molar-refractivity contribution < 1.29 is 23.9 Å². The summed E-state index contributed by atoms with van der Waals surface area (Å²) in [4.78, 5) is 38.1. The summed E-state index contributed by atoms with van der Waals surface area (Å²) < 4.78 is 10.3. The molecule has 8 nitrogen and oxygen atoms in total. The molecule has 36 heavy (non-hydrogen) atoms. The number of thioether (sulfide) groups is 1. The Kier molecular flexibility index (Phi) is 9.26. The van der Waals surface area contributed by atoms with Crippen LogP contribution in [0.15, 0.2) is 47.0 Å². The number of amides is 2. The van der Waals surface area contributed by atoms with Crippen LogP contribution in [-0.4, -0.2) is 37.3 Å². The van der Waals surface area contributed by atoms with Gasteiger partial charge in [-0.15, -0.1) is 0 Å². The number of nitriles is 1. The molecular formula is C25H23Cl2N3O5S. The normalized spacial score (nSPS) is 17.2. The summed E-state index contributed by atoms with van der Waals surface area (Å²) in [6.07, 6.45) is 0. The number of nitrogens with zero attached hydrogens (tertiary/aromatic N) is 1. The Morgan fingerprint density at radius 3 is 2.61 bits per heavy atom. The van der Waals surface area contributed by atoms with E-state index >= 15 is 0 Å². The van der Waals surface area contributed by atoms with E-state index < -0.39 is 23.7 Å². The van der Waals surface area contributed by atoms with Crippen LogP contribution in [0.4, 0.5) is 5.69 Å². The summed E-state index contributed by atoms with van der Waals surface area (Å²) in [5.41, 5.74) is 1.85. The Bertz CT molecular complexity index is 1270. The number of ether oxygens (including phenoxy) is 2. The molecule has 2 amide bonds. The van der Waals surface area contributed by atoms with Crippen LogP contribution in [0, 0.1) is 24.2 Å². The van der Waals surface area contributed by atoms with Crippen LogP contribution in [0.3, 0.4) is 0 Å². The molecule has 1 aliphatic rings. The fraction of sp³-hybridized carbons (Fsp3) is 0.280. The Hall–Kier alpha value is -3.19. The van der Waals surface area contributed by atoms with Gasteiger partial charge in [-0.2, -0.15) is 5.26 Å². The molecule has 188 valence electrons. The van der Waals surface area contributed by atoms with E-state index in [4.69, 9.17) is 32.7 Å². The Morgan fingerprint density at radius 1 is 1.22 bits per heavy atom. The molecule has 0 aromatic heterocycles.